The summed E-state index contributed by atoms with van der Waals surface area (Å²) in [5.74, 6) is 1.74. The fourth-order valence-electron chi connectivity index (χ4n) is 3.04. The number of anilines is 2. The van der Waals surface area contributed by atoms with Crippen LogP contribution in [-0.2, 0) is 5.75 Å². The van der Waals surface area contributed by atoms with Crippen molar-refractivity contribution in [2.45, 2.75) is 10.1 Å². The molecule has 3 aromatic rings. The van der Waals surface area contributed by atoms with Gasteiger partial charge in [0.15, 0.2) is 4.34 Å². The Morgan fingerprint density at radius 1 is 1.00 bits per heavy atom. The van der Waals surface area contributed by atoms with Crippen LogP contribution in [0, 0.1) is 0 Å². The van der Waals surface area contributed by atoms with Crippen LogP contribution >= 0.6 is 23.1 Å². The number of para-hydroxylation sites is 2. The van der Waals surface area contributed by atoms with Crippen molar-refractivity contribution < 1.29 is 4.74 Å². The first-order valence-corrected chi connectivity index (χ1v) is 10.6. The lowest BCUT2D eigenvalue weighted by Gasteiger charge is -2.36. The van der Waals surface area contributed by atoms with Crippen LogP contribution in [0.5, 0.6) is 5.75 Å². The van der Waals surface area contributed by atoms with Gasteiger partial charge in [0.1, 0.15) is 5.75 Å². The van der Waals surface area contributed by atoms with Crippen molar-refractivity contribution >= 4 is 33.9 Å². The second-order valence-electron chi connectivity index (χ2n) is 6.11. The number of piperazine rings is 1. The predicted octanol–water partition coefficient (Wildman–Crippen LogP) is 3.56. The molecule has 1 fully saturated rings. The number of nitrogens with zero attached hydrogens (tertiary/aromatic N) is 5. The van der Waals surface area contributed by atoms with Crippen LogP contribution in [0.1, 0.15) is 5.69 Å². The summed E-state index contributed by atoms with van der Waals surface area (Å²) in [6.45, 7) is 3.74. The van der Waals surface area contributed by atoms with E-state index in [9.17, 15) is 0 Å². The van der Waals surface area contributed by atoms with Crippen LogP contribution < -0.4 is 14.5 Å². The van der Waals surface area contributed by atoms with Gasteiger partial charge < -0.3 is 14.5 Å². The third kappa shape index (κ3) is 4.33. The Morgan fingerprint density at radius 2 is 1.78 bits per heavy atom. The maximum Gasteiger partial charge on any atom is 0.209 e. The Balaban J connectivity index is 1.34. The number of pyridine rings is 1. The van der Waals surface area contributed by atoms with Gasteiger partial charge in [-0.3, -0.25) is 4.98 Å². The number of benzene rings is 1. The number of methoxy groups -OCH3 is 1. The molecule has 4 rings (SSSR count). The van der Waals surface area contributed by atoms with E-state index in [0.717, 1.165) is 58.5 Å². The number of hydrogen-bond donors (Lipinski definition) is 0. The molecular formula is C19H21N5OS2. The number of hydrogen-bond acceptors (Lipinski definition) is 8. The lowest BCUT2D eigenvalue weighted by atomic mass is 10.2. The third-order valence-corrected chi connectivity index (χ3v) is 6.59. The molecule has 140 valence electrons. The van der Waals surface area contributed by atoms with Crippen LogP contribution in [0.2, 0.25) is 0 Å². The normalized spacial score (nSPS) is 14.4. The second-order valence-corrected chi connectivity index (χ2v) is 8.28. The standard InChI is InChI=1S/C19H21N5OS2/c1-25-17-8-3-2-7-16(17)23-10-12-24(13-11-23)18-21-22-19(27-18)26-14-15-6-4-5-9-20-15/h2-9H,10-14H2,1H3. The van der Waals surface area contributed by atoms with E-state index in [1.54, 1.807) is 30.2 Å². The average molecular weight is 400 g/mol. The lowest BCUT2D eigenvalue weighted by Crippen LogP contribution is -2.46. The molecule has 0 bridgehead atoms. The molecule has 1 aliphatic heterocycles. The molecule has 0 amide bonds. The first-order valence-electron chi connectivity index (χ1n) is 8.82. The van der Waals surface area contributed by atoms with Gasteiger partial charge in [0.05, 0.1) is 18.5 Å². The van der Waals surface area contributed by atoms with Gasteiger partial charge >= 0.3 is 0 Å². The predicted molar refractivity (Wildman–Crippen MR) is 111 cm³/mol. The Morgan fingerprint density at radius 3 is 2.56 bits per heavy atom. The van der Waals surface area contributed by atoms with E-state index in [-0.39, 0.29) is 0 Å². The number of rotatable bonds is 6. The van der Waals surface area contributed by atoms with Crippen molar-refractivity contribution in [2.24, 2.45) is 0 Å². The molecule has 0 N–H and O–H groups in total. The van der Waals surface area contributed by atoms with Gasteiger partial charge in [0.2, 0.25) is 5.13 Å². The molecule has 1 saturated heterocycles. The van der Waals surface area contributed by atoms with E-state index in [2.05, 4.69) is 37.1 Å². The summed E-state index contributed by atoms with van der Waals surface area (Å²) in [5.41, 5.74) is 2.22. The van der Waals surface area contributed by atoms with E-state index in [1.807, 2.05) is 36.5 Å². The minimum atomic E-state index is 0.817. The minimum absolute atomic E-state index is 0.817. The zero-order valence-electron chi connectivity index (χ0n) is 15.1. The van der Waals surface area contributed by atoms with Crippen LogP contribution in [0.15, 0.2) is 53.0 Å². The molecule has 0 radical (unpaired) electrons. The highest BCUT2D eigenvalue weighted by atomic mass is 32.2. The number of aromatic nitrogens is 3. The largest absolute Gasteiger partial charge is 0.495 e. The average Bonchev–Trinajstić information content (AvgIpc) is 3.22. The van der Waals surface area contributed by atoms with Crippen molar-refractivity contribution in [1.29, 1.82) is 0 Å². The summed E-state index contributed by atoms with van der Waals surface area (Å²) < 4.78 is 6.48. The summed E-state index contributed by atoms with van der Waals surface area (Å²) >= 11 is 3.35. The Kier molecular flexibility index (Phi) is 5.74. The quantitative estimate of drug-likeness (QED) is 0.588. The molecule has 1 aliphatic rings. The highest BCUT2D eigenvalue weighted by Gasteiger charge is 2.22. The summed E-state index contributed by atoms with van der Waals surface area (Å²) in [6, 6.07) is 14.2. The van der Waals surface area contributed by atoms with Crippen LogP contribution in [0.25, 0.3) is 0 Å². The molecule has 0 saturated carbocycles. The molecule has 1 aromatic carbocycles. The second kappa shape index (κ2) is 8.58. The van der Waals surface area contributed by atoms with E-state index in [1.165, 1.54) is 0 Å². The van der Waals surface area contributed by atoms with E-state index in [4.69, 9.17) is 4.74 Å². The molecular weight excluding hydrogens is 378 g/mol. The van der Waals surface area contributed by atoms with Crippen molar-refractivity contribution in [3.8, 4) is 5.75 Å². The SMILES string of the molecule is COc1ccccc1N1CCN(c2nnc(SCc3ccccn3)s2)CC1. The van der Waals surface area contributed by atoms with Gasteiger partial charge in [-0.2, -0.15) is 0 Å². The van der Waals surface area contributed by atoms with Crippen molar-refractivity contribution in [3.05, 3.63) is 54.4 Å². The Bertz CT molecular complexity index is 865. The highest BCUT2D eigenvalue weighted by Crippen LogP contribution is 2.32. The maximum absolute atomic E-state index is 5.49. The maximum atomic E-state index is 5.49. The molecule has 3 heterocycles. The molecule has 0 spiro atoms. The summed E-state index contributed by atoms with van der Waals surface area (Å²) in [7, 11) is 1.72. The number of ether oxygens (including phenoxy) is 1. The molecule has 0 unspecified atom stereocenters. The number of thioether (sulfide) groups is 1. The lowest BCUT2D eigenvalue weighted by molar-refractivity contribution is 0.413. The summed E-state index contributed by atoms with van der Waals surface area (Å²) in [4.78, 5) is 9.03. The molecule has 27 heavy (non-hydrogen) atoms. The highest BCUT2D eigenvalue weighted by molar-refractivity contribution is 8.00. The van der Waals surface area contributed by atoms with Gasteiger partial charge in [0, 0.05) is 38.1 Å². The molecule has 0 aliphatic carbocycles. The van der Waals surface area contributed by atoms with Crippen molar-refractivity contribution in [3.63, 3.8) is 0 Å². The zero-order chi connectivity index (χ0) is 18.5. The third-order valence-electron chi connectivity index (χ3n) is 4.44. The van der Waals surface area contributed by atoms with Gasteiger partial charge in [-0.05, 0) is 24.3 Å². The first kappa shape index (κ1) is 18.1. The van der Waals surface area contributed by atoms with Crippen molar-refractivity contribution in [1.82, 2.24) is 15.2 Å². The van der Waals surface area contributed by atoms with E-state index >= 15 is 0 Å². The van der Waals surface area contributed by atoms with Crippen LogP contribution in [-0.4, -0.2) is 48.5 Å². The van der Waals surface area contributed by atoms with Crippen LogP contribution in [0.4, 0.5) is 10.8 Å². The summed E-state index contributed by atoms with van der Waals surface area (Å²) in [6.07, 6.45) is 1.82. The fourth-order valence-corrected chi connectivity index (χ4v) is 4.85. The first-order chi connectivity index (χ1) is 13.3. The summed E-state index contributed by atoms with van der Waals surface area (Å²) in [5, 5.41) is 9.73. The van der Waals surface area contributed by atoms with Crippen LogP contribution in [0.3, 0.4) is 0 Å². The van der Waals surface area contributed by atoms with Crippen molar-refractivity contribution in [2.75, 3.05) is 43.1 Å². The fraction of sp³-hybridized carbons (Fsp3) is 0.316. The monoisotopic (exact) mass is 399 g/mol. The van der Waals surface area contributed by atoms with E-state index in [0.29, 0.717) is 0 Å². The Hall–Kier alpha value is -2.32. The molecule has 6 nitrogen and oxygen atoms in total. The van der Waals surface area contributed by atoms with Gasteiger partial charge in [-0.15, -0.1) is 10.2 Å². The molecule has 2 aromatic heterocycles. The smallest absolute Gasteiger partial charge is 0.209 e. The van der Waals surface area contributed by atoms with Gasteiger partial charge in [-0.25, -0.2) is 0 Å². The van der Waals surface area contributed by atoms with E-state index < -0.39 is 0 Å². The topological polar surface area (TPSA) is 54.4 Å². The minimum Gasteiger partial charge on any atom is -0.495 e. The molecule has 0 atom stereocenters. The zero-order valence-corrected chi connectivity index (χ0v) is 16.7. The van der Waals surface area contributed by atoms with Gasteiger partial charge in [0.25, 0.3) is 0 Å². The van der Waals surface area contributed by atoms with Gasteiger partial charge in [-0.1, -0.05) is 41.3 Å². The molecule has 8 heteroatoms. The Labute approximate surface area is 167 Å².